The molecule has 0 spiro atoms. The van der Waals surface area contributed by atoms with Crippen LogP contribution >= 0.6 is 0 Å². The molecular weight excluding hydrogens is 184 g/mol. The summed E-state index contributed by atoms with van der Waals surface area (Å²) >= 11 is 0. The van der Waals surface area contributed by atoms with Gasteiger partial charge in [0.2, 0.25) is 0 Å². The fraction of sp³-hybridized carbons (Fsp3) is 0.286. The van der Waals surface area contributed by atoms with Gasteiger partial charge in [0.15, 0.2) is 0 Å². The summed E-state index contributed by atoms with van der Waals surface area (Å²) < 4.78 is 5.93. The number of benzene rings is 1. The maximum atomic E-state index is 5.93. The Morgan fingerprint density at radius 2 is 1.93 bits per heavy atom. The number of rotatable bonds is 2. The van der Waals surface area contributed by atoms with Crippen molar-refractivity contribution in [3.8, 4) is 5.75 Å². The molecule has 1 aromatic carbocycles. The summed E-state index contributed by atoms with van der Waals surface area (Å²) in [7, 11) is 0. The van der Waals surface area contributed by atoms with Crippen molar-refractivity contribution >= 4 is 0 Å². The summed E-state index contributed by atoms with van der Waals surface area (Å²) in [6.07, 6.45) is 6.42. The van der Waals surface area contributed by atoms with Gasteiger partial charge >= 0.3 is 0 Å². The highest BCUT2D eigenvalue weighted by molar-refractivity contribution is 5.35. The van der Waals surface area contributed by atoms with Crippen molar-refractivity contribution in [2.45, 2.75) is 26.7 Å². The van der Waals surface area contributed by atoms with Crippen LogP contribution in [0.25, 0.3) is 0 Å². The lowest BCUT2D eigenvalue weighted by atomic mass is 10.1. The third-order valence-corrected chi connectivity index (χ3v) is 2.67. The van der Waals surface area contributed by atoms with E-state index in [4.69, 9.17) is 4.74 Å². The van der Waals surface area contributed by atoms with Crippen LogP contribution in [0.3, 0.4) is 0 Å². The lowest BCUT2D eigenvalue weighted by Crippen LogP contribution is -2.01. The fourth-order valence-electron chi connectivity index (χ4n) is 1.70. The van der Waals surface area contributed by atoms with Gasteiger partial charge in [-0.1, -0.05) is 30.4 Å². The molecule has 0 N–H and O–H groups in total. The van der Waals surface area contributed by atoms with Crippen molar-refractivity contribution in [3.63, 3.8) is 0 Å². The van der Waals surface area contributed by atoms with Gasteiger partial charge < -0.3 is 4.74 Å². The molecule has 0 bridgehead atoms. The zero-order valence-electron chi connectivity index (χ0n) is 9.29. The Morgan fingerprint density at radius 1 is 1.13 bits per heavy atom. The third-order valence-electron chi connectivity index (χ3n) is 2.67. The van der Waals surface area contributed by atoms with E-state index in [-0.39, 0.29) is 0 Å². The molecule has 78 valence electrons. The van der Waals surface area contributed by atoms with Crippen LogP contribution in [0.2, 0.25) is 0 Å². The molecule has 0 atom stereocenters. The molecule has 0 saturated heterocycles. The van der Waals surface area contributed by atoms with Gasteiger partial charge in [-0.25, -0.2) is 0 Å². The normalized spacial score (nSPS) is 15.6. The largest absolute Gasteiger partial charge is 0.461 e. The first-order valence-electron chi connectivity index (χ1n) is 5.37. The van der Waals surface area contributed by atoms with E-state index in [0.717, 1.165) is 24.4 Å². The lowest BCUT2D eigenvalue weighted by molar-refractivity contribution is 0.394. The minimum Gasteiger partial charge on any atom is -0.461 e. The van der Waals surface area contributed by atoms with Gasteiger partial charge in [-0.05, 0) is 37.5 Å². The number of ether oxygens (including phenoxy) is 1. The predicted molar refractivity (Wildman–Crippen MR) is 62.9 cm³/mol. The molecule has 1 heteroatoms. The first-order valence-corrected chi connectivity index (χ1v) is 5.37. The van der Waals surface area contributed by atoms with Gasteiger partial charge in [0, 0.05) is 6.42 Å². The highest BCUT2D eigenvalue weighted by atomic mass is 16.5. The molecule has 1 aliphatic carbocycles. The van der Waals surface area contributed by atoms with E-state index in [9.17, 15) is 0 Å². The predicted octanol–water partition coefficient (Wildman–Crippen LogP) is 4.00. The molecule has 0 aliphatic heterocycles. The van der Waals surface area contributed by atoms with Crippen LogP contribution in [0, 0.1) is 6.92 Å². The number of para-hydroxylation sites is 1. The van der Waals surface area contributed by atoms with Gasteiger partial charge in [0.1, 0.15) is 11.5 Å². The van der Waals surface area contributed by atoms with E-state index in [1.807, 2.05) is 18.2 Å². The Bertz CT molecular complexity index is 413. The zero-order valence-corrected chi connectivity index (χ0v) is 9.29. The van der Waals surface area contributed by atoms with E-state index in [1.165, 1.54) is 11.1 Å². The Hall–Kier alpha value is -1.50. The highest BCUT2D eigenvalue weighted by Crippen LogP contribution is 2.25. The van der Waals surface area contributed by atoms with E-state index in [2.05, 4.69) is 32.1 Å². The van der Waals surface area contributed by atoms with Crippen molar-refractivity contribution in [1.29, 1.82) is 0 Å². The monoisotopic (exact) mass is 200 g/mol. The molecule has 0 radical (unpaired) electrons. The number of hydrogen-bond acceptors (Lipinski definition) is 1. The summed E-state index contributed by atoms with van der Waals surface area (Å²) in [6.45, 7) is 4.17. The number of allylic oxidation sites excluding steroid dienone is 4. The quantitative estimate of drug-likeness (QED) is 0.701. The molecule has 0 heterocycles. The van der Waals surface area contributed by atoms with Crippen LogP contribution < -0.4 is 4.74 Å². The molecule has 0 amide bonds. The smallest absolute Gasteiger partial charge is 0.129 e. The maximum absolute atomic E-state index is 5.93. The summed E-state index contributed by atoms with van der Waals surface area (Å²) in [5, 5.41) is 0. The summed E-state index contributed by atoms with van der Waals surface area (Å²) in [6, 6.07) is 8.14. The zero-order chi connectivity index (χ0) is 10.7. The van der Waals surface area contributed by atoms with Crippen LogP contribution in [0.15, 0.2) is 47.7 Å². The first-order chi connectivity index (χ1) is 7.27. The number of aryl methyl sites for hydroxylation is 1. The van der Waals surface area contributed by atoms with Gasteiger partial charge in [0.05, 0.1) is 0 Å². The van der Waals surface area contributed by atoms with Crippen LogP contribution in [0.4, 0.5) is 0 Å². The molecule has 2 rings (SSSR count). The fourth-order valence-corrected chi connectivity index (χ4v) is 1.70. The topological polar surface area (TPSA) is 9.23 Å². The summed E-state index contributed by atoms with van der Waals surface area (Å²) in [4.78, 5) is 0. The molecule has 0 aromatic heterocycles. The van der Waals surface area contributed by atoms with Crippen molar-refractivity contribution in [2.24, 2.45) is 0 Å². The minimum absolute atomic E-state index is 0.974. The van der Waals surface area contributed by atoms with E-state index >= 15 is 0 Å². The van der Waals surface area contributed by atoms with Gasteiger partial charge in [-0.3, -0.25) is 0 Å². The summed E-state index contributed by atoms with van der Waals surface area (Å²) in [5.41, 5.74) is 2.43. The van der Waals surface area contributed by atoms with Crippen molar-refractivity contribution in [2.75, 3.05) is 0 Å². The Kier molecular flexibility index (Phi) is 2.91. The molecular formula is C14H16O. The Labute approximate surface area is 91.1 Å². The van der Waals surface area contributed by atoms with Crippen molar-refractivity contribution in [3.05, 3.63) is 53.3 Å². The third kappa shape index (κ3) is 2.30. The van der Waals surface area contributed by atoms with E-state index < -0.39 is 0 Å². The average molecular weight is 200 g/mol. The van der Waals surface area contributed by atoms with Crippen LogP contribution in [0.5, 0.6) is 5.75 Å². The Morgan fingerprint density at radius 3 is 2.67 bits per heavy atom. The number of hydrogen-bond donors (Lipinski definition) is 0. The van der Waals surface area contributed by atoms with Crippen molar-refractivity contribution in [1.82, 2.24) is 0 Å². The minimum atomic E-state index is 0.974. The molecule has 1 nitrogen and oxygen atoms in total. The van der Waals surface area contributed by atoms with Gasteiger partial charge in [-0.15, -0.1) is 0 Å². The van der Waals surface area contributed by atoms with E-state index in [0.29, 0.717) is 0 Å². The van der Waals surface area contributed by atoms with Gasteiger partial charge in [-0.2, -0.15) is 0 Å². The molecule has 1 aliphatic rings. The molecule has 0 fully saturated rings. The van der Waals surface area contributed by atoms with Gasteiger partial charge in [0.25, 0.3) is 0 Å². The maximum Gasteiger partial charge on any atom is 0.129 e. The molecule has 1 aromatic rings. The van der Waals surface area contributed by atoms with Crippen LogP contribution in [-0.2, 0) is 0 Å². The summed E-state index contributed by atoms with van der Waals surface area (Å²) in [5.74, 6) is 2.08. The highest BCUT2D eigenvalue weighted by Gasteiger charge is 2.08. The lowest BCUT2D eigenvalue weighted by Gasteiger charge is -2.15. The average Bonchev–Trinajstić information content (AvgIpc) is 2.24. The molecule has 15 heavy (non-hydrogen) atoms. The molecule has 0 unspecified atom stereocenters. The Balaban J connectivity index is 2.22. The second-order valence-corrected chi connectivity index (χ2v) is 3.91. The second kappa shape index (κ2) is 4.35. The van der Waals surface area contributed by atoms with Crippen LogP contribution in [0.1, 0.15) is 25.3 Å². The van der Waals surface area contributed by atoms with Crippen molar-refractivity contribution < 1.29 is 4.74 Å². The SMILES string of the molecule is CC1=C(Oc2ccccc2C)CCC=C1. The second-order valence-electron chi connectivity index (χ2n) is 3.91. The first kappa shape index (κ1) is 10.0. The van der Waals surface area contributed by atoms with Crippen LogP contribution in [-0.4, -0.2) is 0 Å². The standard InChI is InChI=1S/C14H16O/c1-11-7-3-5-9-13(11)15-14-10-6-4-8-12(14)2/h3-5,7-9H,6,10H2,1-2H3. The van der Waals surface area contributed by atoms with E-state index in [1.54, 1.807) is 0 Å². The molecule has 0 saturated carbocycles.